The van der Waals surface area contributed by atoms with Crippen molar-refractivity contribution in [3.8, 4) is 0 Å². The summed E-state index contributed by atoms with van der Waals surface area (Å²) in [5.41, 5.74) is 0.775. The first kappa shape index (κ1) is 18.6. The quantitative estimate of drug-likeness (QED) is 0.862. The fourth-order valence-electron chi connectivity index (χ4n) is 3.07. The minimum atomic E-state index is -0.812. The third kappa shape index (κ3) is 5.16. The molecule has 0 spiro atoms. The minimum Gasteiger partial charge on any atom is -0.335 e. The molecule has 0 aromatic heterocycles. The molecule has 0 saturated carbocycles. The van der Waals surface area contributed by atoms with Crippen molar-refractivity contribution in [2.45, 2.75) is 45.7 Å². The van der Waals surface area contributed by atoms with Gasteiger partial charge < -0.3 is 10.2 Å². The molecule has 2 amide bonds. The van der Waals surface area contributed by atoms with Gasteiger partial charge in [-0.05, 0) is 43.9 Å². The molecular formula is C18H27F2N3O. The van der Waals surface area contributed by atoms with Crippen molar-refractivity contribution in [3.05, 3.63) is 35.4 Å². The van der Waals surface area contributed by atoms with E-state index < -0.39 is 11.6 Å². The summed E-state index contributed by atoms with van der Waals surface area (Å²) in [6, 6.07) is 4.25. The molecule has 1 fully saturated rings. The SMILES string of the molecule is CCCN(CC)C(=O)NC1CCN(Cc2ccc(F)c(F)c2)CC1. The molecule has 4 nitrogen and oxygen atoms in total. The minimum absolute atomic E-state index is 0.0124. The summed E-state index contributed by atoms with van der Waals surface area (Å²) in [4.78, 5) is 16.2. The van der Waals surface area contributed by atoms with E-state index in [1.54, 1.807) is 6.07 Å². The van der Waals surface area contributed by atoms with E-state index in [4.69, 9.17) is 0 Å². The number of benzene rings is 1. The lowest BCUT2D eigenvalue weighted by Crippen LogP contribution is -2.49. The molecule has 1 aliphatic heterocycles. The van der Waals surface area contributed by atoms with E-state index in [0.29, 0.717) is 13.1 Å². The zero-order valence-corrected chi connectivity index (χ0v) is 14.5. The van der Waals surface area contributed by atoms with E-state index in [-0.39, 0.29) is 12.1 Å². The number of hydrogen-bond acceptors (Lipinski definition) is 2. The first-order chi connectivity index (χ1) is 11.5. The van der Waals surface area contributed by atoms with Gasteiger partial charge in [-0.2, -0.15) is 0 Å². The molecule has 0 bridgehead atoms. The van der Waals surface area contributed by atoms with Crippen molar-refractivity contribution in [3.63, 3.8) is 0 Å². The van der Waals surface area contributed by atoms with Gasteiger partial charge in [0, 0.05) is 38.8 Å². The van der Waals surface area contributed by atoms with Gasteiger partial charge in [0.2, 0.25) is 0 Å². The first-order valence-corrected chi connectivity index (χ1v) is 8.75. The Kier molecular flexibility index (Phi) is 6.97. The number of hydrogen-bond donors (Lipinski definition) is 1. The summed E-state index contributed by atoms with van der Waals surface area (Å²) >= 11 is 0. The summed E-state index contributed by atoms with van der Waals surface area (Å²) in [7, 11) is 0. The number of rotatable bonds is 6. The van der Waals surface area contributed by atoms with Crippen LogP contribution < -0.4 is 5.32 Å². The van der Waals surface area contributed by atoms with Crippen LogP contribution in [0, 0.1) is 11.6 Å². The number of halogens is 2. The van der Waals surface area contributed by atoms with Crippen molar-refractivity contribution in [1.82, 2.24) is 15.1 Å². The number of nitrogens with zero attached hydrogens (tertiary/aromatic N) is 2. The van der Waals surface area contributed by atoms with Crippen molar-refractivity contribution in [2.75, 3.05) is 26.2 Å². The summed E-state index contributed by atoms with van der Waals surface area (Å²) in [6.45, 7) is 7.82. The summed E-state index contributed by atoms with van der Waals surface area (Å²) < 4.78 is 26.2. The third-order valence-electron chi connectivity index (χ3n) is 4.47. The Morgan fingerprint density at radius 3 is 2.54 bits per heavy atom. The molecule has 2 rings (SSSR count). The van der Waals surface area contributed by atoms with E-state index in [1.165, 1.54) is 12.1 Å². The zero-order valence-electron chi connectivity index (χ0n) is 14.5. The Morgan fingerprint density at radius 2 is 1.96 bits per heavy atom. The van der Waals surface area contributed by atoms with Crippen molar-refractivity contribution in [1.29, 1.82) is 0 Å². The van der Waals surface area contributed by atoms with Crippen LogP contribution in [0.25, 0.3) is 0 Å². The van der Waals surface area contributed by atoms with Crippen LogP contribution in [0.2, 0.25) is 0 Å². The molecule has 1 saturated heterocycles. The molecule has 24 heavy (non-hydrogen) atoms. The Morgan fingerprint density at radius 1 is 1.25 bits per heavy atom. The average Bonchev–Trinajstić information content (AvgIpc) is 2.57. The maximum atomic E-state index is 13.3. The van der Waals surface area contributed by atoms with Crippen LogP contribution in [0.1, 0.15) is 38.7 Å². The highest BCUT2D eigenvalue weighted by Crippen LogP contribution is 2.16. The Hall–Kier alpha value is -1.69. The van der Waals surface area contributed by atoms with E-state index in [2.05, 4.69) is 17.1 Å². The van der Waals surface area contributed by atoms with E-state index in [1.807, 2.05) is 11.8 Å². The van der Waals surface area contributed by atoms with Crippen molar-refractivity contribution >= 4 is 6.03 Å². The molecular weight excluding hydrogens is 312 g/mol. The van der Waals surface area contributed by atoms with Crippen LogP contribution in [-0.4, -0.2) is 48.1 Å². The molecule has 1 aromatic rings. The number of likely N-dealkylation sites (tertiary alicyclic amines) is 1. The highest BCUT2D eigenvalue weighted by atomic mass is 19.2. The summed E-state index contributed by atoms with van der Waals surface area (Å²) in [5, 5.41) is 3.11. The van der Waals surface area contributed by atoms with E-state index >= 15 is 0 Å². The molecule has 0 unspecified atom stereocenters. The van der Waals surface area contributed by atoms with Crippen LogP contribution >= 0.6 is 0 Å². The molecule has 1 aliphatic rings. The highest BCUT2D eigenvalue weighted by Gasteiger charge is 2.22. The largest absolute Gasteiger partial charge is 0.335 e. The Balaban J connectivity index is 1.78. The normalized spacial score (nSPS) is 16.2. The van der Waals surface area contributed by atoms with Crippen LogP contribution in [0.3, 0.4) is 0 Å². The Bertz CT molecular complexity index is 545. The van der Waals surface area contributed by atoms with Gasteiger partial charge >= 0.3 is 6.03 Å². The van der Waals surface area contributed by atoms with Crippen LogP contribution in [0.5, 0.6) is 0 Å². The lowest BCUT2D eigenvalue weighted by Gasteiger charge is -2.33. The fraction of sp³-hybridized carbons (Fsp3) is 0.611. The summed E-state index contributed by atoms with van der Waals surface area (Å²) in [6.07, 6.45) is 2.70. The highest BCUT2D eigenvalue weighted by molar-refractivity contribution is 5.74. The zero-order chi connectivity index (χ0) is 17.5. The van der Waals surface area contributed by atoms with Crippen molar-refractivity contribution < 1.29 is 13.6 Å². The monoisotopic (exact) mass is 339 g/mol. The topological polar surface area (TPSA) is 35.6 Å². The molecule has 134 valence electrons. The van der Waals surface area contributed by atoms with Gasteiger partial charge in [0.05, 0.1) is 0 Å². The van der Waals surface area contributed by atoms with E-state index in [9.17, 15) is 13.6 Å². The predicted octanol–water partition coefficient (Wildman–Crippen LogP) is 3.37. The molecule has 1 N–H and O–H groups in total. The lowest BCUT2D eigenvalue weighted by atomic mass is 10.0. The second-order valence-electron chi connectivity index (χ2n) is 6.33. The van der Waals surface area contributed by atoms with Crippen LogP contribution in [-0.2, 0) is 6.54 Å². The molecule has 0 radical (unpaired) electrons. The van der Waals surface area contributed by atoms with E-state index in [0.717, 1.165) is 44.5 Å². The predicted molar refractivity (Wildman–Crippen MR) is 90.7 cm³/mol. The van der Waals surface area contributed by atoms with Gasteiger partial charge in [0.25, 0.3) is 0 Å². The van der Waals surface area contributed by atoms with Crippen LogP contribution in [0.15, 0.2) is 18.2 Å². The average molecular weight is 339 g/mol. The summed E-state index contributed by atoms with van der Waals surface area (Å²) in [5.74, 6) is -1.61. The Labute approximate surface area is 142 Å². The molecule has 6 heteroatoms. The number of piperidine rings is 1. The van der Waals surface area contributed by atoms with Gasteiger partial charge in [0.15, 0.2) is 11.6 Å². The first-order valence-electron chi connectivity index (χ1n) is 8.75. The van der Waals surface area contributed by atoms with Crippen molar-refractivity contribution in [2.24, 2.45) is 0 Å². The number of urea groups is 1. The molecule has 1 heterocycles. The molecule has 1 aromatic carbocycles. The number of carbonyl (C=O) groups excluding carboxylic acids is 1. The lowest BCUT2D eigenvalue weighted by molar-refractivity contribution is 0.170. The maximum Gasteiger partial charge on any atom is 0.317 e. The second-order valence-corrected chi connectivity index (χ2v) is 6.33. The third-order valence-corrected chi connectivity index (χ3v) is 4.47. The van der Waals surface area contributed by atoms with Gasteiger partial charge in [0.1, 0.15) is 0 Å². The molecule has 0 aliphatic carbocycles. The van der Waals surface area contributed by atoms with Gasteiger partial charge in [-0.25, -0.2) is 13.6 Å². The second kappa shape index (κ2) is 8.97. The molecule has 0 atom stereocenters. The standard InChI is InChI=1S/C18H27F2N3O/c1-3-9-23(4-2)18(24)21-15-7-10-22(11-8-15)13-14-5-6-16(19)17(20)12-14/h5-6,12,15H,3-4,7-11,13H2,1-2H3,(H,21,24). The van der Waals surface area contributed by atoms with Gasteiger partial charge in [-0.15, -0.1) is 0 Å². The number of carbonyl (C=O) groups is 1. The smallest absolute Gasteiger partial charge is 0.317 e. The van der Waals surface area contributed by atoms with Crippen LogP contribution in [0.4, 0.5) is 13.6 Å². The van der Waals surface area contributed by atoms with Gasteiger partial charge in [-0.3, -0.25) is 4.90 Å². The maximum absolute atomic E-state index is 13.3. The fourth-order valence-corrected chi connectivity index (χ4v) is 3.07. The number of nitrogens with one attached hydrogen (secondary N) is 1. The van der Waals surface area contributed by atoms with Gasteiger partial charge in [-0.1, -0.05) is 13.0 Å². The number of amides is 2.